The lowest BCUT2D eigenvalue weighted by molar-refractivity contribution is 0.0908. The lowest BCUT2D eigenvalue weighted by Gasteiger charge is -2.30. The van der Waals surface area contributed by atoms with Crippen LogP contribution in [-0.2, 0) is 0 Å². The molecule has 0 radical (unpaired) electrons. The number of benzene rings is 1. The van der Waals surface area contributed by atoms with E-state index in [1.165, 1.54) is 0 Å². The normalized spacial score (nSPS) is 18.8. The van der Waals surface area contributed by atoms with Gasteiger partial charge in [-0.05, 0) is 32.5 Å². The molecule has 1 aliphatic rings. The van der Waals surface area contributed by atoms with Crippen LogP contribution in [0.5, 0.6) is 11.5 Å². The standard InChI is InChI=1S/C17H23N3O3/c1-20-6-4-5-11(10-20)18-17(21)15-9-13-14(19-15)7-12(22-2)8-16(13)23-3/h7-9,11,19H,4-6,10H2,1-3H3,(H,18,21)/t11-/m1/s1. The van der Waals surface area contributed by atoms with Crippen LogP contribution >= 0.6 is 0 Å². The van der Waals surface area contributed by atoms with Crippen molar-refractivity contribution in [1.82, 2.24) is 15.2 Å². The van der Waals surface area contributed by atoms with Crippen molar-refractivity contribution in [3.05, 3.63) is 23.9 Å². The Hall–Kier alpha value is -2.21. The molecule has 3 rings (SSSR count). The minimum Gasteiger partial charge on any atom is -0.497 e. The summed E-state index contributed by atoms with van der Waals surface area (Å²) in [5, 5.41) is 3.98. The first kappa shape index (κ1) is 15.7. The van der Waals surface area contributed by atoms with Crippen molar-refractivity contribution in [3.63, 3.8) is 0 Å². The van der Waals surface area contributed by atoms with E-state index in [1.54, 1.807) is 14.2 Å². The number of methoxy groups -OCH3 is 2. The molecule has 1 saturated heterocycles. The Bertz CT molecular complexity index is 710. The first-order valence-corrected chi connectivity index (χ1v) is 7.85. The number of carbonyl (C=O) groups excluding carboxylic acids is 1. The van der Waals surface area contributed by atoms with Crippen LogP contribution in [0.4, 0.5) is 0 Å². The second-order valence-electron chi connectivity index (χ2n) is 6.05. The van der Waals surface area contributed by atoms with Gasteiger partial charge >= 0.3 is 0 Å². The fraction of sp³-hybridized carbons (Fsp3) is 0.471. The third-order valence-electron chi connectivity index (χ3n) is 4.33. The molecule has 0 saturated carbocycles. The van der Waals surface area contributed by atoms with E-state index in [0.29, 0.717) is 17.2 Å². The molecule has 2 heterocycles. The molecule has 2 N–H and O–H groups in total. The number of nitrogens with one attached hydrogen (secondary N) is 2. The van der Waals surface area contributed by atoms with E-state index in [9.17, 15) is 4.79 Å². The maximum absolute atomic E-state index is 12.5. The summed E-state index contributed by atoms with van der Waals surface area (Å²) in [6.45, 7) is 1.98. The van der Waals surface area contributed by atoms with Gasteiger partial charge in [0, 0.05) is 30.1 Å². The molecule has 6 heteroatoms. The Morgan fingerprint density at radius 3 is 2.83 bits per heavy atom. The number of carbonyl (C=O) groups is 1. The number of nitrogens with zero attached hydrogens (tertiary/aromatic N) is 1. The zero-order chi connectivity index (χ0) is 16.4. The third-order valence-corrected chi connectivity index (χ3v) is 4.33. The highest BCUT2D eigenvalue weighted by Gasteiger charge is 2.21. The molecule has 1 aromatic heterocycles. The third kappa shape index (κ3) is 3.27. The Morgan fingerprint density at radius 1 is 1.30 bits per heavy atom. The minimum atomic E-state index is -0.0810. The number of piperidine rings is 1. The number of hydrogen-bond donors (Lipinski definition) is 2. The van der Waals surface area contributed by atoms with Crippen molar-refractivity contribution >= 4 is 16.8 Å². The molecule has 23 heavy (non-hydrogen) atoms. The number of aromatic amines is 1. The highest BCUT2D eigenvalue weighted by Crippen LogP contribution is 2.31. The van der Waals surface area contributed by atoms with Gasteiger partial charge in [0.15, 0.2) is 0 Å². The number of ether oxygens (including phenoxy) is 2. The van der Waals surface area contributed by atoms with Crippen LogP contribution in [0.25, 0.3) is 10.9 Å². The maximum atomic E-state index is 12.5. The van der Waals surface area contributed by atoms with Crippen LogP contribution in [-0.4, -0.2) is 56.2 Å². The van der Waals surface area contributed by atoms with Crippen LogP contribution in [0.3, 0.4) is 0 Å². The fourth-order valence-corrected chi connectivity index (χ4v) is 3.14. The van der Waals surface area contributed by atoms with Gasteiger partial charge in [-0.2, -0.15) is 0 Å². The van der Waals surface area contributed by atoms with Gasteiger partial charge in [0.2, 0.25) is 0 Å². The van der Waals surface area contributed by atoms with Crippen LogP contribution < -0.4 is 14.8 Å². The Morgan fingerprint density at radius 2 is 2.13 bits per heavy atom. The predicted molar refractivity (Wildman–Crippen MR) is 89.4 cm³/mol. The molecule has 1 aliphatic heterocycles. The summed E-state index contributed by atoms with van der Waals surface area (Å²) in [5.41, 5.74) is 1.37. The van der Waals surface area contributed by atoms with Gasteiger partial charge in [0.1, 0.15) is 17.2 Å². The highest BCUT2D eigenvalue weighted by molar-refractivity contribution is 6.00. The van der Waals surface area contributed by atoms with Gasteiger partial charge in [-0.1, -0.05) is 0 Å². The molecule has 2 aromatic rings. The van der Waals surface area contributed by atoms with Crippen LogP contribution in [0.2, 0.25) is 0 Å². The zero-order valence-corrected chi connectivity index (χ0v) is 13.8. The molecule has 1 fully saturated rings. The lowest BCUT2D eigenvalue weighted by Crippen LogP contribution is -2.46. The van der Waals surface area contributed by atoms with Crippen LogP contribution in [0.1, 0.15) is 23.3 Å². The van der Waals surface area contributed by atoms with E-state index in [1.807, 2.05) is 18.2 Å². The molecular formula is C17H23N3O3. The maximum Gasteiger partial charge on any atom is 0.267 e. The first-order chi connectivity index (χ1) is 11.1. The van der Waals surface area contributed by atoms with Crippen molar-refractivity contribution < 1.29 is 14.3 Å². The Labute approximate surface area is 135 Å². The number of amides is 1. The van der Waals surface area contributed by atoms with E-state index in [-0.39, 0.29) is 11.9 Å². The summed E-state index contributed by atoms with van der Waals surface area (Å²) in [7, 11) is 5.30. The smallest absolute Gasteiger partial charge is 0.267 e. The molecule has 0 spiro atoms. The van der Waals surface area contributed by atoms with E-state index in [2.05, 4.69) is 22.2 Å². The Kier molecular flexibility index (Phi) is 4.43. The SMILES string of the molecule is COc1cc(OC)c2cc(C(=O)N[C@@H]3CCCN(C)C3)[nH]c2c1. The van der Waals surface area contributed by atoms with E-state index in [0.717, 1.165) is 36.8 Å². The number of fused-ring (bicyclic) bond motifs is 1. The summed E-state index contributed by atoms with van der Waals surface area (Å²) in [5.74, 6) is 1.30. The van der Waals surface area contributed by atoms with E-state index < -0.39 is 0 Å². The van der Waals surface area contributed by atoms with Crippen molar-refractivity contribution in [2.45, 2.75) is 18.9 Å². The van der Waals surface area contributed by atoms with Crippen LogP contribution in [0, 0.1) is 0 Å². The largest absolute Gasteiger partial charge is 0.497 e. The van der Waals surface area contributed by atoms with Gasteiger partial charge in [-0.3, -0.25) is 4.79 Å². The molecule has 1 aromatic carbocycles. The highest BCUT2D eigenvalue weighted by atomic mass is 16.5. The second kappa shape index (κ2) is 6.50. The number of H-pyrrole nitrogens is 1. The molecule has 124 valence electrons. The topological polar surface area (TPSA) is 66.6 Å². The van der Waals surface area contributed by atoms with Crippen LogP contribution in [0.15, 0.2) is 18.2 Å². The summed E-state index contributed by atoms with van der Waals surface area (Å²) >= 11 is 0. The summed E-state index contributed by atoms with van der Waals surface area (Å²) < 4.78 is 10.7. The first-order valence-electron chi connectivity index (χ1n) is 7.85. The molecular weight excluding hydrogens is 294 g/mol. The molecule has 0 bridgehead atoms. The van der Waals surface area contributed by atoms with Gasteiger partial charge in [-0.25, -0.2) is 0 Å². The van der Waals surface area contributed by atoms with E-state index >= 15 is 0 Å². The molecule has 6 nitrogen and oxygen atoms in total. The Balaban J connectivity index is 1.83. The zero-order valence-electron chi connectivity index (χ0n) is 13.8. The molecule has 1 atom stereocenters. The van der Waals surface area contributed by atoms with Gasteiger partial charge in [-0.15, -0.1) is 0 Å². The number of likely N-dealkylation sites (tertiary alicyclic amines) is 1. The quantitative estimate of drug-likeness (QED) is 0.905. The average molecular weight is 317 g/mol. The summed E-state index contributed by atoms with van der Waals surface area (Å²) in [6.07, 6.45) is 2.13. The van der Waals surface area contributed by atoms with Crippen molar-refractivity contribution in [2.24, 2.45) is 0 Å². The monoisotopic (exact) mass is 317 g/mol. The number of likely N-dealkylation sites (N-methyl/N-ethyl adjacent to an activating group) is 1. The number of aromatic nitrogens is 1. The van der Waals surface area contributed by atoms with Gasteiger partial charge < -0.3 is 24.7 Å². The van der Waals surface area contributed by atoms with Gasteiger partial charge in [0.05, 0.1) is 19.7 Å². The summed E-state index contributed by atoms with van der Waals surface area (Å²) in [6, 6.07) is 5.70. The van der Waals surface area contributed by atoms with Crippen molar-refractivity contribution in [1.29, 1.82) is 0 Å². The number of rotatable bonds is 4. The average Bonchev–Trinajstić information content (AvgIpc) is 2.98. The minimum absolute atomic E-state index is 0.0810. The van der Waals surface area contributed by atoms with E-state index in [4.69, 9.17) is 9.47 Å². The molecule has 0 aliphatic carbocycles. The van der Waals surface area contributed by atoms with Gasteiger partial charge in [0.25, 0.3) is 5.91 Å². The molecule has 1 amide bonds. The van der Waals surface area contributed by atoms with Crippen molar-refractivity contribution in [3.8, 4) is 11.5 Å². The predicted octanol–water partition coefficient (Wildman–Crippen LogP) is 2.01. The summed E-state index contributed by atoms with van der Waals surface area (Å²) in [4.78, 5) is 17.9. The lowest BCUT2D eigenvalue weighted by atomic mass is 10.1. The number of hydrogen-bond acceptors (Lipinski definition) is 4. The molecule has 0 unspecified atom stereocenters. The second-order valence-corrected chi connectivity index (χ2v) is 6.05. The fourth-order valence-electron chi connectivity index (χ4n) is 3.14. The van der Waals surface area contributed by atoms with Crippen molar-refractivity contribution in [2.75, 3.05) is 34.4 Å².